The average molecular weight is 464 g/mol. The van der Waals surface area contributed by atoms with Gasteiger partial charge in [-0.3, -0.25) is 14.5 Å². The third-order valence-electron chi connectivity index (χ3n) is 5.58. The minimum Gasteiger partial charge on any atom is -0.482 e. The van der Waals surface area contributed by atoms with Gasteiger partial charge in [0.25, 0.3) is 5.91 Å². The highest BCUT2D eigenvalue weighted by molar-refractivity contribution is 7.10. The molecule has 0 fully saturated rings. The molecule has 0 saturated heterocycles. The first-order chi connectivity index (χ1) is 16.1. The standard InChI is InChI=1S/C26H29N3O3S/c1-3-12-28(13-4-2)25(30)16-29-22-15-20(10-11-23(22)32-17-26(29)31)21-18-33-24(27-21)14-19-8-6-5-7-9-19/h5-11,15,18H,3-4,12-14,16-17H2,1-2H3. The van der Waals surface area contributed by atoms with E-state index in [1.54, 1.807) is 16.2 Å². The second kappa shape index (κ2) is 10.6. The van der Waals surface area contributed by atoms with Gasteiger partial charge in [0, 0.05) is 30.5 Å². The normalized spacial score (nSPS) is 12.9. The summed E-state index contributed by atoms with van der Waals surface area (Å²) in [6.07, 6.45) is 2.56. The van der Waals surface area contributed by atoms with E-state index in [0.29, 0.717) is 24.5 Å². The number of ether oxygens (including phenoxy) is 1. The van der Waals surface area contributed by atoms with Crippen LogP contribution in [0, 0.1) is 0 Å². The molecule has 7 heteroatoms. The van der Waals surface area contributed by atoms with E-state index >= 15 is 0 Å². The molecule has 2 amide bonds. The van der Waals surface area contributed by atoms with Gasteiger partial charge >= 0.3 is 0 Å². The van der Waals surface area contributed by atoms with Crippen molar-refractivity contribution in [1.29, 1.82) is 0 Å². The highest BCUT2D eigenvalue weighted by Gasteiger charge is 2.29. The minimum absolute atomic E-state index is 0.0228. The number of hydrogen-bond donors (Lipinski definition) is 0. The Balaban J connectivity index is 1.56. The number of hydrogen-bond acceptors (Lipinski definition) is 5. The molecule has 4 rings (SSSR count). The number of nitrogens with zero attached hydrogens (tertiary/aromatic N) is 3. The van der Waals surface area contributed by atoms with Crippen molar-refractivity contribution in [2.45, 2.75) is 33.1 Å². The fourth-order valence-corrected chi connectivity index (χ4v) is 4.80. The van der Waals surface area contributed by atoms with Gasteiger partial charge in [0.15, 0.2) is 6.61 Å². The Morgan fingerprint density at radius 2 is 1.88 bits per heavy atom. The Morgan fingerprint density at radius 3 is 2.61 bits per heavy atom. The van der Waals surface area contributed by atoms with Crippen molar-refractivity contribution in [2.75, 3.05) is 31.1 Å². The third kappa shape index (κ3) is 5.42. The minimum atomic E-state index is -0.205. The Hall–Kier alpha value is -3.19. The summed E-state index contributed by atoms with van der Waals surface area (Å²) in [6, 6.07) is 16.0. The summed E-state index contributed by atoms with van der Waals surface area (Å²) in [7, 11) is 0. The van der Waals surface area contributed by atoms with E-state index in [0.717, 1.165) is 35.5 Å². The Bertz CT molecular complexity index is 1110. The van der Waals surface area contributed by atoms with E-state index in [2.05, 4.69) is 26.0 Å². The lowest BCUT2D eigenvalue weighted by Gasteiger charge is -2.31. The molecule has 0 aliphatic carbocycles. The third-order valence-corrected chi connectivity index (χ3v) is 6.43. The molecule has 1 aromatic heterocycles. The molecule has 1 aliphatic heterocycles. The molecule has 33 heavy (non-hydrogen) atoms. The molecule has 2 aromatic carbocycles. The van der Waals surface area contributed by atoms with Crippen molar-refractivity contribution in [3.05, 3.63) is 64.5 Å². The van der Waals surface area contributed by atoms with Gasteiger partial charge in [0.2, 0.25) is 5.91 Å². The molecule has 2 heterocycles. The Labute approximate surface area is 198 Å². The zero-order valence-corrected chi connectivity index (χ0v) is 19.9. The monoisotopic (exact) mass is 463 g/mol. The summed E-state index contributed by atoms with van der Waals surface area (Å²) in [5, 5.41) is 3.06. The van der Waals surface area contributed by atoms with E-state index in [-0.39, 0.29) is 25.0 Å². The van der Waals surface area contributed by atoms with Crippen molar-refractivity contribution in [1.82, 2.24) is 9.88 Å². The van der Waals surface area contributed by atoms with Gasteiger partial charge in [-0.25, -0.2) is 4.98 Å². The van der Waals surface area contributed by atoms with Crippen LogP contribution in [-0.2, 0) is 16.0 Å². The van der Waals surface area contributed by atoms with Crippen molar-refractivity contribution in [2.24, 2.45) is 0 Å². The second-order valence-electron chi connectivity index (χ2n) is 8.12. The van der Waals surface area contributed by atoms with Crippen molar-refractivity contribution < 1.29 is 14.3 Å². The van der Waals surface area contributed by atoms with Gasteiger partial charge in [0.1, 0.15) is 12.3 Å². The molecular formula is C26H29N3O3S. The zero-order valence-electron chi connectivity index (χ0n) is 19.1. The maximum Gasteiger partial charge on any atom is 0.265 e. The first-order valence-corrected chi connectivity index (χ1v) is 12.3. The lowest BCUT2D eigenvalue weighted by atomic mass is 10.1. The van der Waals surface area contributed by atoms with Gasteiger partial charge in [-0.05, 0) is 36.6 Å². The average Bonchev–Trinajstić information content (AvgIpc) is 3.29. The Morgan fingerprint density at radius 1 is 1.12 bits per heavy atom. The van der Waals surface area contributed by atoms with E-state index < -0.39 is 0 Å². The van der Waals surface area contributed by atoms with Crippen LogP contribution in [-0.4, -0.2) is 47.9 Å². The summed E-state index contributed by atoms with van der Waals surface area (Å²) >= 11 is 1.62. The maximum atomic E-state index is 13.0. The second-order valence-corrected chi connectivity index (χ2v) is 9.06. The molecule has 0 radical (unpaired) electrons. The zero-order chi connectivity index (χ0) is 23.2. The predicted octanol–water partition coefficient (Wildman–Crippen LogP) is 4.77. The van der Waals surface area contributed by atoms with Gasteiger partial charge < -0.3 is 9.64 Å². The number of benzene rings is 2. The fourth-order valence-electron chi connectivity index (χ4n) is 3.97. The van der Waals surface area contributed by atoms with Gasteiger partial charge in [-0.2, -0.15) is 0 Å². The lowest BCUT2D eigenvalue weighted by Crippen LogP contribution is -2.46. The van der Waals surface area contributed by atoms with Crippen molar-refractivity contribution in [3.8, 4) is 17.0 Å². The van der Waals surface area contributed by atoms with Crippen LogP contribution in [0.5, 0.6) is 5.75 Å². The van der Waals surface area contributed by atoms with Crippen LogP contribution >= 0.6 is 11.3 Å². The van der Waals surface area contributed by atoms with Crippen molar-refractivity contribution in [3.63, 3.8) is 0 Å². The smallest absolute Gasteiger partial charge is 0.265 e. The number of aromatic nitrogens is 1. The quantitative estimate of drug-likeness (QED) is 0.458. The maximum absolute atomic E-state index is 13.0. The Kier molecular flexibility index (Phi) is 7.40. The van der Waals surface area contributed by atoms with E-state index in [1.165, 1.54) is 5.56 Å². The molecule has 1 aliphatic rings. The fraction of sp³-hybridized carbons (Fsp3) is 0.346. The van der Waals surface area contributed by atoms with Gasteiger partial charge in [-0.15, -0.1) is 11.3 Å². The van der Waals surface area contributed by atoms with Crippen LogP contribution in [0.4, 0.5) is 5.69 Å². The first kappa shape index (κ1) is 23.0. The summed E-state index contributed by atoms with van der Waals surface area (Å²) in [5.74, 6) is 0.372. The van der Waals surface area contributed by atoms with Crippen LogP contribution in [0.25, 0.3) is 11.3 Å². The van der Waals surface area contributed by atoms with Gasteiger partial charge in [0.05, 0.1) is 16.4 Å². The molecule has 6 nitrogen and oxygen atoms in total. The van der Waals surface area contributed by atoms with E-state index in [4.69, 9.17) is 9.72 Å². The van der Waals surface area contributed by atoms with E-state index in [1.807, 2.05) is 46.7 Å². The number of fused-ring (bicyclic) bond motifs is 1. The highest BCUT2D eigenvalue weighted by atomic mass is 32.1. The molecule has 0 spiro atoms. The molecule has 0 bridgehead atoms. The van der Waals surface area contributed by atoms with Crippen LogP contribution in [0.15, 0.2) is 53.9 Å². The topological polar surface area (TPSA) is 62.7 Å². The number of carbonyl (C=O) groups excluding carboxylic acids is 2. The molecular weight excluding hydrogens is 434 g/mol. The molecule has 3 aromatic rings. The van der Waals surface area contributed by atoms with Crippen molar-refractivity contribution >= 4 is 28.8 Å². The summed E-state index contributed by atoms with van der Waals surface area (Å²) < 4.78 is 5.64. The van der Waals surface area contributed by atoms with E-state index in [9.17, 15) is 9.59 Å². The summed E-state index contributed by atoms with van der Waals surface area (Å²) in [6.45, 7) is 5.46. The number of carbonyl (C=O) groups is 2. The van der Waals surface area contributed by atoms with Crippen LogP contribution in [0.3, 0.4) is 0 Å². The first-order valence-electron chi connectivity index (χ1n) is 11.4. The van der Waals surface area contributed by atoms with Crippen LogP contribution in [0.2, 0.25) is 0 Å². The summed E-state index contributed by atoms with van der Waals surface area (Å²) in [4.78, 5) is 33.9. The number of amides is 2. The predicted molar refractivity (Wildman–Crippen MR) is 132 cm³/mol. The number of anilines is 1. The summed E-state index contributed by atoms with van der Waals surface area (Å²) in [5.41, 5.74) is 3.61. The molecule has 0 unspecified atom stereocenters. The lowest BCUT2D eigenvalue weighted by molar-refractivity contribution is -0.132. The van der Waals surface area contributed by atoms with Gasteiger partial charge in [-0.1, -0.05) is 44.2 Å². The van der Waals surface area contributed by atoms with Crippen LogP contribution in [0.1, 0.15) is 37.3 Å². The highest BCUT2D eigenvalue weighted by Crippen LogP contribution is 2.36. The number of thiazole rings is 1. The molecule has 0 atom stereocenters. The SMILES string of the molecule is CCCN(CCC)C(=O)CN1C(=O)COc2ccc(-c3csc(Cc4ccccc4)n3)cc21. The molecule has 0 N–H and O–H groups in total. The molecule has 0 saturated carbocycles. The number of rotatable bonds is 9. The molecule has 172 valence electrons. The van der Waals surface area contributed by atoms with Crippen LogP contribution < -0.4 is 9.64 Å². The largest absolute Gasteiger partial charge is 0.482 e.